The summed E-state index contributed by atoms with van der Waals surface area (Å²) in [6, 6.07) is 6.06. The van der Waals surface area contributed by atoms with Crippen molar-refractivity contribution in [3.05, 3.63) is 47.3 Å². The third-order valence-electron chi connectivity index (χ3n) is 9.68. The monoisotopic (exact) mass is 535 g/mol. The molecule has 3 nitrogen and oxygen atoms in total. The van der Waals surface area contributed by atoms with Crippen molar-refractivity contribution in [3.63, 3.8) is 0 Å². The molecule has 37 heavy (non-hydrogen) atoms. The molecule has 4 atom stereocenters. The maximum atomic E-state index is 13.1. The number of fused-ring (bicyclic) bond motifs is 3. The van der Waals surface area contributed by atoms with E-state index in [4.69, 9.17) is 17.3 Å². The number of halogens is 4. The number of aromatic nitrogens is 1. The molecule has 204 valence electrons. The highest BCUT2D eigenvalue weighted by Crippen LogP contribution is 2.63. The maximum absolute atomic E-state index is 13.1. The predicted octanol–water partition coefficient (Wildman–Crippen LogP) is 9.06. The van der Waals surface area contributed by atoms with Crippen LogP contribution in [0.4, 0.5) is 18.9 Å². The highest BCUT2D eigenvalue weighted by molar-refractivity contribution is 6.31. The number of pyridine rings is 1. The Bertz CT molecular complexity index is 1120. The zero-order valence-corrected chi connectivity index (χ0v) is 23.2. The van der Waals surface area contributed by atoms with Crippen LogP contribution in [0.25, 0.3) is 10.9 Å². The molecule has 3 N–H and O–H groups in total. The molecule has 4 aliphatic rings. The van der Waals surface area contributed by atoms with Gasteiger partial charge >= 0.3 is 6.18 Å². The number of benzene rings is 1. The molecule has 4 saturated carbocycles. The van der Waals surface area contributed by atoms with Gasteiger partial charge in [0.05, 0.1) is 5.52 Å². The van der Waals surface area contributed by atoms with Gasteiger partial charge in [0, 0.05) is 33.8 Å². The molecule has 2 bridgehead atoms. The van der Waals surface area contributed by atoms with E-state index in [9.17, 15) is 13.2 Å². The molecule has 0 amide bonds. The van der Waals surface area contributed by atoms with Crippen LogP contribution in [-0.4, -0.2) is 11.0 Å². The minimum atomic E-state index is -4.47. The van der Waals surface area contributed by atoms with Crippen molar-refractivity contribution in [1.29, 1.82) is 0 Å². The van der Waals surface area contributed by atoms with Crippen LogP contribution in [0, 0.1) is 35.0 Å². The fraction of sp³-hybridized carbons (Fsp3) is 0.633. The Morgan fingerprint density at radius 3 is 2.38 bits per heavy atom. The SMILES string of the molecule is C=C(N)C1CC2CC(C1C)C2(C)C.CCC1CCC(Nc2cc(C(F)(F)F)nc3ccc(Cl)cc23)CC1. The van der Waals surface area contributed by atoms with Gasteiger partial charge in [0.2, 0.25) is 0 Å². The first-order valence-electron chi connectivity index (χ1n) is 13.7. The second kappa shape index (κ2) is 10.7. The Labute approximate surface area is 224 Å². The van der Waals surface area contributed by atoms with Crippen molar-refractivity contribution in [3.8, 4) is 0 Å². The van der Waals surface area contributed by atoms with Crippen molar-refractivity contribution in [2.24, 2.45) is 40.7 Å². The number of hydrogen-bond acceptors (Lipinski definition) is 3. The molecule has 4 unspecified atom stereocenters. The largest absolute Gasteiger partial charge is 0.433 e. The first-order chi connectivity index (χ1) is 17.3. The number of hydrogen-bond donors (Lipinski definition) is 2. The lowest BCUT2D eigenvalue weighted by molar-refractivity contribution is -0.140. The highest BCUT2D eigenvalue weighted by Gasteiger charge is 2.56. The Morgan fingerprint density at radius 2 is 1.84 bits per heavy atom. The van der Waals surface area contributed by atoms with E-state index in [-0.39, 0.29) is 6.04 Å². The molecular weight excluding hydrogens is 495 g/mol. The molecular formula is C30H41ClF3N3. The molecule has 1 aromatic carbocycles. The summed E-state index contributed by atoms with van der Waals surface area (Å²) in [6.07, 6.45) is 3.59. The fourth-order valence-electron chi connectivity index (χ4n) is 7.04. The Kier molecular flexibility index (Phi) is 8.09. The van der Waals surface area contributed by atoms with Crippen LogP contribution in [0.15, 0.2) is 36.5 Å². The summed E-state index contributed by atoms with van der Waals surface area (Å²) in [4.78, 5) is 3.74. The Hall–Kier alpha value is -1.95. The standard InChI is InChI=1S/C18H20ClF3N2.C12H21N/c1-2-11-3-6-13(7-4-11)23-16-10-17(18(20,21)22)24-15-8-5-12(19)9-14(15)16;1-7-10(8(2)13)5-9-6-11(7)12(9,3)4/h5,8-11,13H,2-4,6-7H2,1H3,(H,23,24);7,9-11H,2,5-6,13H2,1,3-4H3. The average Bonchev–Trinajstić information content (AvgIpc) is 2.84. The zero-order valence-electron chi connectivity index (χ0n) is 22.5. The van der Waals surface area contributed by atoms with Gasteiger partial charge in [0.15, 0.2) is 0 Å². The minimum absolute atomic E-state index is 0.193. The molecule has 2 aromatic rings. The van der Waals surface area contributed by atoms with E-state index in [1.807, 2.05) is 0 Å². The second-order valence-electron chi connectivity index (χ2n) is 12.1. The molecule has 6 rings (SSSR count). The zero-order chi connectivity index (χ0) is 27.1. The highest BCUT2D eigenvalue weighted by atomic mass is 35.5. The van der Waals surface area contributed by atoms with Crippen LogP contribution in [0.2, 0.25) is 5.02 Å². The predicted molar refractivity (Wildman–Crippen MR) is 147 cm³/mol. The molecule has 0 spiro atoms. The van der Waals surface area contributed by atoms with Crippen molar-refractivity contribution in [2.45, 2.75) is 84.9 Å². The van der Waals surface area contributed by atoms with Crippen LogP contribution in [-0.2, 0) is 6.18 Å². The first-order valence-corrected chi connectivity index (χ1v) is 14.1. The lowest BCUT2D eigenvalue weighted by Gasteiger charge is -2.62. The molecule has 7 heteroatoms. The van der Waals surface area contributed by atoms with Gasteiger partial charge in [-0.2, -0.15) is 13.2 Å². The van der Waals surface area contributed by atoms with Crippen LogP contribution in [0.1, 0.15) is 78.3 Å². The smallest absolute Gasteiger partial charge is 0.402 e. The van der Waals surface area contributed by atoms with Crippen LogP contribution < -0.4 is 11.1 Å². The summed E-state index contributed by atoms with van der Waals surface area (Å²) in [5, 5.41) is 4.43. The molecule has 0 saturated heterocycles. The number of alkyl halides is 3. The van der Waals surface area contributed by atoms with Crippen molar-refractivity contribution >= 4 is 28.2 Å². The van der Waals surface area contributed by atoms with Gasteiger partial charge in [-0.1, -0.05) is 52.3 Å². The molecule has 4 fully saturated rings. The fourth-order valence-corrected chi connectivity index (χ4v) is 7.21. The van der Waals surface area contributed by atoms with Crippen molar-refractivity contribution in [2.75, 3.05) is 5.32 Å². The van der Waals surface area contributed by atoms with Gasteiger partial charge < -0.3 is 11.1 Å². The van der Waals surface area contributed by atoms with Gasteiger partial charge in [-0.15, -0.1) is 0 Å². The van der Waals surface area contributed by atoms with Gasteiger partial charge in [-0.05, 0) is 91.9 Å². The summed E-state index contributed by atoms with van der Waals surface area (Å²) in [5.41, 5.74) is 7.22. The van der Waals surface area contributed by atoms with E-state index in [1.54, 1.807) is 12.1 Å². The van der Waals surface area contributed by atoms with Crippen LogP contribution in [0.5, 0.6) is 0 Å². The van der Waals surface area contributed by atoms with Crippen LogP contribution >= 0.6 is 11.6 Å². The summed E-state index contributed by atoms with van der Waals surface area (Å²) in [5.74, 6) is 3.86. The van der Waals surface area contributed by atoms with Gasteiger partial charge in [0.25, 0.3) is 0 Å². The minimum Gasteiger partial charge on any atom is -0.402 e. The summed E-state index contributed by atoms with van der Waals surface area (Å²) in [7, 11) is 0. The first kappa shape index (κ1) is 28.1. The van der Waals surface area contributed by atoms with E-state index in [0.717, 1.165) is 61.1 Å². The third-order valence-corrected chi connectivity index (χ3v) is 9.91. The molecule has 1 heterocycles. The van der Waals surface area contributed by atoms with Gasteiger partial charge in [-0.3, -0.25) is 0 Å². The lowest BCUT2D eigenvalue weighted by atomic mass is 9.43. The molecule has 1 aromatic heterocycles. The topological polar surface area (TPSA) is 50.9 Å². The molecule has 0 radical (unpaired) electrons. The third kappa shape index (κ3) is 5.89. The number of allylic oxidation sites excluding steroid dienone is 1. The average molecular weight is 536 g/mol. The normalized spacial score (nSPS) is 30.6. The number of nitrogens with two attached hydrogens (primary N) is 1. The van der Waals surface area contributed by atoms with E-state index in [0.29, 0.717) is 32.9 Å². The Morgan fingerprint density at radius 1 is 1.16 bits per heavy atom. The van der Waals surface area contributed by atoms with Gasteiger partial charge in [-0.25, -0.2) is 4.98 Å². The molecule has 4 aliphatic carbocycles. The second-order valence-corrected chi connectivity index (χ2v) is 12.6. The van der Waals surface area contributed by atoms with E-state index >= 15 is 0 Å². The van der Waals surface area contributed by atoms with Gasteiger partial charge in [0.1, 0.15) is 5.69 Å². The number of nitrogens with zero attached hydrogens (tertiary/aromatic N) is 1. The summed E-state index contributed by atoms with van der Waals surface area (Å²) >= 11 is 6.02. The van der Waals surface area contributed by atoms with Crippen molar-refractivity contribution in [1.82, 2.24) is 4.98 Å². The quantitative estimate of drug-likeness (QED) is 0.410. The Balaban J connectivity index is 0.000000207. The lowest BCUT2D eigenvalue weighted by Crippen LogP contribution is -2.55. The summed E-state index contributed by atoms with van der Waals surface area (Å²) in [6.45, 7) is 13.3. The number of nitrogens with one attached hydrogen (secondary N) is 1. The van der Waals surface area contributed by atoms with E-state index in [1.165, 1.54) is 25.3 Å². The number of anilines is 1. The van der Waals surface area contributed by atoms with E-state index in [2.05, 4.69) is 44.6 Å². The number of rotatable bonds is 4. The van der Waals surface area contributed by atoms with Crippen molar-refractivity contribution < 1.29 is 13.2 Å². The van der Waals surface area contributed by atoms with Crippen LogP contribution in [0.3, 0.4) is 0 Å². The summed E-state index contributed by atoms with van der Waals surface area (Å²) < 4.78 is 39.4. The van der Waals surface area contributed by atoms with E-state index < -0.39 is 11.9 Å². The molecule has 0 aliphatic heterocycles. The maximum Gasteiger partial charge on any atom is 0.433 e.